The quantitative estimate of drug-likeness (QED) is 0.125. The molecule has 0 aliphatic rings. The van der Waals surface area contributed by atoms with Crippen LogP contribution in [0.3, 0.4) is 0 Å². The minimum absolute atomic E-state index is 0.131. The summed E-state index contributed by atoms with van der Waals surface area (Å²) in [7, 11) is -2.97. The van der Waals surface area contributed by atoms with Gasteiger partial charge in [-0.3, -0.25) is 24.0 Å². The predicted octanol–water partition coefficient (Wildman–Crippen LogP) is 4.27. The fraction of sp³-hybridized carbons (Fsp3) is 0.129. The highest BCUT2D eigenvalue weighted by atomic mass is 32.2. The molecular formula is C31H29N5O8S. The Bertz CT molecular complexity index is 1800. The SMILES string of the molecule is COc1ccc(N(CC(=O)N/N=C\c2ccc(OCC(=O)Nc3ccccc3)cc2)S(=O)(=O)c2ccc(C)c([N+](=O)[O-])c2)cc1. The van der Waals surface area contributed by atoms with Crippen molar-refractivity contribution in [3.05, 3.63) is 118 Å². The molecule has 0 aliphatic carbocycles. The Morgan fingerprint density at radius 1 is 0.933 bits per heavy atom. The number of carbonyl (C=O) groups excluding carboxylic acids is 2. The normalized spacial score (nSPS) is 11.1. The van der Waals surface area contributed by atoms with E-state index < -0.39 is 27.4 Å². The first-order valence-corrected chi connectivity index (χ1v) is 14.8. The summed E-state index contributed by atoms with van der Waals surface area (Å²) >= 11 is 0. The Kier molecular flexibility index (Phi) is 10.4. The van der Waals surface area contributed by atoms with Crippen molar-refractivity contribution >= 4 is 45.1 Å². The summed E-state index contributed by atoms with van der Waals surface area (Å²) in [4.78, 5) is 35.4. The van der Waals surface area contributed by atoms with Crippen LogP contribution >= 0.6 is 0 Å². The standard InChI is InChI=1S/C31H29N5O8S/c1-22-8-17-28(18-29(22)36(39)40)45(41,42)35(25-11-15-26(43-2)16-12-25)20-30(37)34-32-19-23-9-13-27(14-10-23)44-21-31(38)33-24-6-4-3-5-7-24/h3-19H,20-21H2,1-2H3,(H,33,38)(H,34,37)/b32-19-. The molecule has 0 radical (unpaired) electrons. The van der Waals surface area contributed by atoms with Crippen LogP contribution in [0.2, 0.25) is 0 Å². The van der Waals surface area contributed by atoms with Crippen molar-refractivity contribution in [3.63, 3.8) is 0 Å². The molecule has 0 fully saturated rings. The van der Waals surface area contributed by atoms with Gasteiger partial charge in [0, 0.05) is 17.3 Å². The molecule has 0 unspecified atom stereocenters. The molecule has 14 heteroatoms. The van der Waals surface area contributed by atoms with Crippen LogP contribution < -0.4 is 24.5 Å². The van der Waals surface area contributed by atoms with Crippen LogP contribution in [0.15, 0.2) is 107 Å². The molecule has 0 bridgehead atoms. The summed E-state index contributed by atoms with van der Waals surface area (Å²) in [5, 5.41) is 18.1. The molecule has 0 spiro atoms. The largest absolute Gasteiger partial charge is 0.497 e. The van der Waals surface area contributed by atoms with Crippen molar-refractivity contribution < 1.29 is 32.4 Å². The number of nitrogens with one attached hydrogen (secondary N) is 2. The maximum Gasteiger partial charge on any atom is 0.273 e. The molecule has 4 aromatic rings. The number of nitro benzene ring substituents is 1. The Balaban J connectivity index is 1.41. The smallest absolute Gasteiger partial charge is 0.273 e. The molecular weight excluding hydrogens is 602 g/mol. The third kappa shape index (κ3) is 8.64. The number of ether oxygens (including phenoxy) is 2. The number of methoxy groups -OCH3 is 1. The van der Waals surface area contributed by atoms with E-state index in [0.29, 0.717) is 22.7 Å². The Labute approximate surface area is 259 Å². The third-order valence-electron chi connectivity index (χ3n) is 6.32. The monoisotopic (exact) mass is 631 g/mol. The maximum absolute atomic E-state index is 13.6. The molecule has 45 heavy (non-hydrogen) atoms. The molecule has 4 aromatic carbocycles. The van der Waals surface area contributed by atoms with Gasteiger partial charge in [0.15, 0.2) is 6.61 Å². The minimum Gasteiger partial charge on any atom is -0.497 e. The number of rotatable bonds is 13. The van der Waals surface area contributed by atoms with E-state index in [4.69, 9.17) is 9.47 Å². The van der Waals surface area contributed by atoms with Crippen molar-refractivity contribution in [2.45, 2.75) is 11.8 Å². The van der Waals surface area contributed by atoms with Gasteiger partial charge in [-0.2, -0.15) is 5.10 Å². The molecule has 0 heterocycles. The number of hydrazone groups is 1. The van der Waals surface area contributed by atoms with Crippen molar-refractivity contribution in [2.75, 3.05) is 29.9 Å². The molecule has 0 atom stereocenters. The highest BCUT2D eigenvalue weighted by Crippen LogP contribution is 2.29. The molecule has 13 nitrogen and oxygen atoms in total. The molecule has 4 rings (SSSR count). The Morgan fingerprint density at radius 3 is 2.24 bits per heavy atom. The second-order valence-corrected chi connectivity index (χ2v) is 11.3. The summed E-state index contributed by atoms with van der Waals surface area (Å²) < 4.78 is 38.7. The topological polar surface area (TPSA) is 170 Å². The number of hydrogen-bond acceptors (Lipinski definition) is 9. The van der Waals surface area contributed by atoms with E-state index >= 15 is 0 Å². The van der Waals surface area contributed by atoms with Crippen LogP contribution in [0.25, 0.3) is 0 Å². The van der Waals surface area contributed by atoms with Gasteiger partial charge in [-0.15, -0.1) is 0 Å². The number of aryl methyl sites for hydroxylation is 1. The second kappa shape index (κ2) is 14.6. The van der Waals surface area contributed by atoms with Crippen LogP contribution in [0.1, 0.15) is 11.1 Å². The van der Waals surface area contributed by atoms with Crippen molar-refractivity contribution in [2.24, 2.45) is 5.10 Å². The molecule has 0 aromatic heterocycles. The minimum atomic E-state index is -4.42. The molecule has 2 N–H and O–H groups in total. The summed E-state index contributed by atoms with van der Waals surface area (Å²) in [5.74, 6) is -0.184. The van der Waals surface area contributed by atoms with Gasteiger partial charge in [0.25, 0.3) is 27.5 Å². The highest BCUT2D eigenvalue weighted by Gasteiger charge is 2.29. The van der Waals surface area contributed by atoms with Gasteiger partial charge >= 0.3 is 0 Å². The van der Waals surface area contributed by atoms with Crippen LogP contribution in [0.4, 0.5) is 17.1 Å². The zero-order valence-electron chi connectivity index (χ0n) is 24.2. The van der Waals surface area contributed by atoms with Crippen molar-refractivity contribution in [3.8, 4) is 11.5 Å². The van der Waals surface area contributed by atoms with Crippen LogP contribution in [-0.2, 0) is 19.6 Å². The lowest BCUT2D eigenvalue weighted by atomic mass is 10.2. The zero-order chi connectivity index (χ0) is 32.4. The second-order valence-electron chi connectivity index (χ2n) is 9.48. The van der Waals surface area contributed by atoms with Gasteiger partial charge < -0.3 is 14.8 Å². The summed E-state index contributed by atoms with van der Waals surface area (Å²) in [6.07, 6.45) is 1.35. The molecule has 2 amide bonds. The number of sulfonamides is 1. The number of carbonyl (C=O) groups is 2. The lowest BCUT2D eigenvalue weighted by Gasteiger charge is -2.24. The number of nitrogens with zero attached hydrogens (tertiary/aromatic N) is 3. The predicted molar refractivity (Wildman–Crippen MR) is 168 cm³/mol. The number of nitro groups is 1. The molecule has 0 aliphatic heterocycles. The average molecular weight is 632 g/mol. The third-order valence-corrected chi connectivity index (χ3v) is 8.09. The lowest BCUT2D eigenvalue weighted by molar-refractivity contribution is -0.385. The number of para-hydroxylation sites is 1. The van der Waals surface area contributed by atoms with Gasteiger partial charge in [0.1, 0.15) is 18.0 Å². The Morgan fingerprint density at radius 2 is 1.60 bits per heavy atom. The number of anilines is 2. The van der Waals surface area contributed by atoms with E-state index in [1.165, 1.54) is 56.6 Å². The number of hydrogen-bond donors (Lipinski definition) is 2. The van der Waals surface area contributed by atoms with Gasteiger partial charge in [-0.05, 0) is 79.2 Å². The summed E-state index contributed by atoms with van der Waals surface area (Å²) in [6.45, 7) is 0.626. The molecule has 232 valence electrons. The highest BCUT2D eigenvalue weighted by molar-refractivity contribution is 7.92. The van der Waals surface area contributed by atoms with E-state index in [1.54, 1.807) is 48.5 Å². The maximum atomic E-state index is 13.6. The average Bonchev–Trinajstić information content (AvgIpc) is 3.03. The fourth-order valence-electron chi connectivity index (χ4n) is 4.00. The van der Waals surface area contributed by atoms with Gasteiger partial charge in [-0.25, -0.2) is 13.8 Å². The van der Waals surface area contributed by atoms with E-state index in [2.05, 4.69) is 15.8 Å². The zero-order valence-corrected chi connectivity index (χ0v) is 25.1. The fourth-order valence-corrected chi connectivity index (χ4v) is 5.44. The lowest BCUT2D eigenvalue weighted by Crippen LogP contribution is -2.39. The summed E-state index contributed by atoms with van der Waals surface area (Å²) in [6, 6.07) is 25.0. The van der Waals surface area contributed by atoms with Crippen LogP contribution in [0, 0.1) is 17.0 Å². The van der Waals surface area contributed by atoms with Gasteiger partial charge in [0.05, 0.1) is 28.8 Å². The van der Waals surface area contributed by atoms with E-state index in [1.807, 2.05) is 6.07 Å². The van der Waals surface area contributed by atoms with Gasteiger partial charge in [0.2, 0.25) is 0 Å². The van der Waals surface area contributed by atoms with Gasteiger partial charge in [-0.1, -0.05) is 24.3 Å². The molecule has 0 saturated heterocycles. The van der Waals surface area contributed by atoms with Crippen LogP contribution in [0.5, 0.6) is 11.5 Å². The molecule has 0 saturated carbocycles. The summed E-state index contributed by atoms with van der Waals surface area (Å²) in [5.41, 5.74) is 3.59. The number of amides is 2. The van der Waals surface area contributed by atoms with Crippen LogP contribution in [-0.4, -0.2) is 51.6 Å². The van der Waals surface area contributed by atoms with Crippen molar-refractivity contribution in [1.82, 2.24) is 5.43 Å². The Hall–Kier alpha value is -5.76. The van der Waals surface area contributed by atoms with E-state index in [0.717, 1.165) is 10.4 Å². The first-order chi connectivity index (χ1) is 21.6. The first-order valence-electron chi connectivity index (χ1n) is 13.4. The number of benzene rings is 4. The van der Waals surface area contributed by atoms with E-state index in [9.17, 15) is 28.1 Å². The van der Waals surface area contributed by atoms with Crippen molar-refractivity contribution in [1.29, 1.82) is 0 Å². The van der Waals surface area contributed by atoms with E-state index in [-0.39, 0.29) is 34.3 Å². The first kappa shape index (κ1) is 32.2.